The lowest BCUT2D eigenvalue weighted by molar-refractivity contribution is -0.142. The van der Waals surface area contributed by atoms with Crippen molar-refractivity contribution in [1.82, 2.24) is 0 Å². The van der Waals surface area contributed by atoms with Crippen molar-refractivity contribution in [2.24, 2.45) is 0 Å². The Labute approximate surface area is 115 Å². The predicted octanol–water partition coefficient (Wildman–Crippen LogP) is 2.16. The van der Waals surface area contributed by atoms with E-state index in [1.165, 1.54) is 11.8 Å². The Morgan fingerprint density at radius 2 is 2.16 bits per heavy atom. The molecule has 0 fully saturated rings. The molecule has 0 aromatic heterocycles. The number of carbonyl (C=O) groups excluding carboxylic acids is 2. The Hall–Kier alpha value is -1.95. The Balaban J connectivity index is 2.44. The second kappa shape index (κ2) is 5.79. The predicted molar refractivity (Wildman–Crippen MR) is 72.9 cm³/mol. The minimum Gasteiger partial charge on any atom is -0.462 e. The van der Waals surface area contributed by atoms with Crippen LogP contribution >= 0.6 is 11.8 Å². The number of fused-ring (bicyclic) bond motifs is 1. The zero-order chi connectivity index (χ0) is 13.8. The quantitative estimate of drug-likeness (QED) is 0.519. The van der Waals surface area contributed by atoms with Crippen LogP contribution in [0.15, 0.2) is 34.9 Å². The van der Waals surface area contributed by atoms with Crippen molar-refractivity contribution in [2.45, 2.75) is 6.92 Å². The molecule has 6 heteroatoms. The van der Waals surface area contributed by atoms with Crippen molar-refractivity contribution in [3.63, 3.8) is 0 Å². The molecule has 1 N–H and O–H groups in total. The van der Waals surface area contributed by atoms with Crippen molar-refractivity contribution in [2.75, 3.05) is 18.2 Å². The van der Waals surface area contributed by atoms with Gasteiger partial charge in [-0.05, 0) is 25.3 Å². The number of rotatable bonds is 3. The van der Waals surface area contributed by atoms with Gasteiger partial charge in [0.05, 0.1) is 17.3 Å². The number of anilines is 1. The summed E-state index contributed by atoms with van der Waals surface area (Å²) in [5, 5.41) is 3.45. The largest absolute Gasteiger partial charge is 0.462 e. The van der Waals surface area contributed by atoms with E-state index in [1.807, 2.05) is 6.07 Å². The van der Waals surface area contributed by atoms with E-state index >= 15 is 0 Å². The molecular formula is C13H13NO4S. The number of thioether (sulfide) groups is 1. The van der Waals surface area contributed by atoms with Crippen LogP contribution in [0.3, 0.4) is 0 Å². The van der Waals surface area contributed by atoms with Crippen molar-refractivity contribution >= 4 is 29.4 Å². The van der Waals surface area contributed by atoms with Crippen LogP contribution in [0, 0.1) is 0 Å². The summed E-state index contributed by atoms with van der Waals surface area (Å²) < 4.78 is 10.1. The molecular weight excluding hydrogens is 266 g/mol. The van der Waals surface area contributed by atoms with Crippen LogP contribution in [-0.2, 0) is 14.3 Å². The molecule has 0 aliphatic carbocycles. The first-order valence-corrected chi connectivity index (χ1v) is 6.93. The van der Waals surface area contributed by atoms with Crippen LogP contribution in [0.1, 0.15) is 6.92 Å². The molecule has 1 heterocycles. The summed E-state index contributed by atoms with van der Waals surface area (Å²) in [5.41, 5.74) is 0.532. The SMILES string of the molecule is CCOC(=O)C1=C(SC)Nc2ccccc2OC1=O. The third-order valence-corrected chi connectivity index (χ3v) is 3.17. The highest BCUT2D eigenvalue weighted by molar-refractivity contribution is 8.02. The van der Waals surface area contributed by atoms with Gasteiger partial charge in [0, 0.05) is 0 Å². The molecule has 0 spiro atoms. The van der Waals surface area contributed by atoms with Gasteiger partial charge in [-0.3, -0.25) is 0 Å². The molecule has 5 nitrogen and oxygen atoms in total. The van der Waals surface area contributed by atoms with Crippen LogP contribution in [-0.4, -0.2) is 24.8 Å². The molecule has 1 aromatic carbocycles. The standard InChI is InChI=1S/C13H13NO4S/c1-3-17-12(15)10-11(19-2)14-8-6-4-5-7-9(8)18-13(10)16/h4-7,14H,3H2,1-2H3. The number of carbonyl (C=O) groups is 2. The van der Waals surface area contributed by atoms with E-state index in [0.29, 0.717) is 16.5 Å². The zero-order valence-electron chi connectivity index (χ0n) is 10.6. The number of esters is 2. The Morgan fingerprint density at radius 3 is 2.84 bits per heavy atom. The monoisotopic (exact) mass is 279 g/mol. The van der Waals surface area contributed by atoms with E-state index < -0.39 is 11.9 Å². The van der Waals surface area contributed by atoms with Crippen LogP contribution < -0.4 is 10.1 Å². The number of hydrogen-bond acceptors (Lipinski definition) is 6. The number of ether oxygens (including phenoxy) is 2. The molecule has 1 aliphatic rings. The highest BCUT2D eigenvalue weighted by atomic mass is 32.2. The first-order chi connectivity index (χ1) is 9.17. The van der Waals surface area contributed by atoms with Crippen molar-refractivity contribution in [3.05, 3.63) is 34.9 Å². The molecule has 0 atom stereocenters. The molecule has 0 saturated carbocycles. The van der Waals surface area contributed by atoms with Crippen molar-refractivity contribution < 1.29 is 19.1 Å². The Kier molecular flexibility index (Phi) is 4.11. The summed E-state index contributed by atoms with van der Waals surface area (Å²) in [7, 11) is 0. The molecule has 0 radical (unpaired) electrons. The second-order valence-corrected chi connectivity index (χ2v) is 4.46. The third kappa shape index (κ3) is 2.73. The topological polar surface area (TPSA) is 64.6 Å². The molecule has 100 valence electrons. The summed E-state index contributed by atoms with van der Waals surface area (Å²) in [5.74, 6) is -1.00. The molecule has 0 unspecified atom stereocenters. The maximum absolute atomic E-state index is 12.0. The van der Waals surface area contributed by atoms with E-state index in [2.05, 4.69) is 5.32 Å². The fourth-order valence-corrected chi connectivity index (χ4v) is 2.20. The smallest absolute Gasteiger partial charge is 0.353 e. The number of benzene rings is 1. The van der Waals surface area contributed by atoms with E-state index in [-0.39, 0.29) is 12.2 Å². The summed E-state index contributed by atoms with van der Waals surface area (Å²) in [6, 6.07) is 6.99. The third-order valence-electron chi connectivity index (χ3n) is 2.45. The Morgan fingerprint density at radius 1 is 1.42 bits per heavy atom. The lowest BCUT2D eigenvalue weighted by Crippen LogP contribution is -2.21. The number of para-hydroxylation sites is 2. The fourth-order valence-electron chi connectivity index (χ4n) is 1.62. The van der Waals surface area contributed by atoms with Crippen molar-refractivity contribution in [1.29, 1.82) is 0 Å². The van der Waals surface area contributed by atoms with Gasteiger partial charge in [0.2, 0.25) is 0 Å². The minimum absolute atomic E-state index is 0.106. The summed E-state index contributed by atoms with van der Waals surface area (Å²) in [4.78, 5) is 23.9. The van der Waals surface area contributed by atoms with Crippen molar-refractivity contribution in [3.8, 4) is 5.75 Å². The highest BCUT2D eigenvalue weighted by Crippen LogP contribution is 2.33. The van der Waals surface area contributed by atoms with E-state index in [0.717, 1.165) is 0 Å². The van der Waals surface area contributed by atoms with Gasteiger partial charge in [-0.25, -0.2) is 9.59 Å². The zero-order valence-corrected chi connectivity index (χ0v) is 11.4. The highest BCUT2D eigenvalue weighted by Gasteiger charge is 2.30. The fraction of sp³-hybridized carbons (Fsp3) is 0.231. The lowest BCUT2D eigenvalue weighted by atomic mass is 10.3. The van der Waals surface area contributed by atoms with E-state index in [9.17, 15) is 9.59 Å². The van der Waals surface area contributed by atoms with Crippen LogP contribution in [0.4, 0.5) is 5.69 Å². The summed E-state index contributed by atoms with van der Waals surface area (Å²) in [6.45, 7) is 1.88. The van der Waals surface area contributed by atoms with E-state index in [1.54, 1.807) is 31.4 Å². The number of nitrogens with one attached hydrogen (secondary N) is 1. The second-order valence-electron chi connectivity index (χ2n) is 3.64. The Bertz CT molecular complexity index is 553. The average molecular weight is 279 g/mol. The molecule has 0 saturated heterocycles. The van der Waals surface area contributed by atoms with Gasteiger partial charge in [0.25, 0.3) is 0 Å². The first-order valence-electron chi connectivity index (χ1n) is 5.71. The summed E-state index contributed by atoms with van der Waals surface area (Å²) in [6.07, 6.45) is 1.77. The molecule has 1 aliphatic heterocycles. The molecule has 0 bridgehead atoms. The van der Waals surface area contributed by atoms with Gasteiger partial charge in [-0.1, -0.05) is 12.1 Å². The normalized spacial score (nSPS) is 14.1. The van der Waals surface area contributed by atoms with Crippen LogP contribution in [0.25, 0.3) is 0 Å². The minimum atomic E-state index is -0.708. The number of hydrogen-bond donors (Lipinski definition) is 1. The average Bonchev–Trinajstić information content (AvgIpc) is 2.54. The van der Waals surface area contributed by atoms with Gasteiger partial charge in [0.15, 0.2) is 11.3 Å². The van der Waals surface area contributed by atoms with Crippen LogP contribution in [0.5, 0.6) is 5.75 Å². The van der Waals surface area contributed by atoms with E-state index in [4.69, 9.17) is 9.47 Å². The molecule has 19 heavy (non-hydrogen) atoms. The molecule has 1 aromatic rings. The van der Waals surface area contributed by atoms with Gasteiger partial charge in [-0.2, -0.15) is 0 Å². The maximum atomic E-state index is 12.0. The molecule has 0 amide bonds. The van der Waals surface area contributed by atoms with Gasteiger partial charge in [0.1, 0.15) is 0 Å². The van der Waals surface area contributed by atoms with Gasteiger partial charge < -0.3 is 14.8 Å². The lowest BCUT2D eigenvalue weighted by Gasteiger charge is -2.09. The first kappa shape index (κ1) is 13.5. The maximum Gasteiger partial charge on any atom is 0.353 e. The summed E-state index contributed by atoms with van der Waals surface area (Å²) >= 11 is 1.26. The van der Waals surface area contributed by atoms with Gasteiger partial charge >= 0.3 is 11.9 Å². The molecule has 2 rings (SSSR count). The van der Waals surface area contributed by atoms with Gasteiger partial charge in [-0.15, -0.1) is 11.8 Å². The van der Waals surface area contributed by atoms with Crippen LogP contribution in [0.2, 0.25) is 0 Å².